The number of anilines is 1. The first-order chi connectivity index (χ1) is 16.4. The maximum Gasteiger partial charge on any atom is 0.223 e. The molecule has 2 aromatic heterocycles. The number of hydrogen-bond donors (Lipinski definition) is 2. The van der Waals surface area contributed by atoms with E-state index in [1.165, 1.54) is 16.8 Å². The van der Waals surface area contributed by atoms with Crippen LogP contribution in [-0.4, -0.2) is 45.2 Å². The van der Waals surface area contributed by atoms with Gasteiger partial charge in [0.2, 0.25) is 5.91 Å². The molecule has 178 valence electrons. The van der Waals surface area contributed by atoms with Gasteiger partial charge in [-0.3, -0.25) is 9.69 Å². The van der Waals surface area contributed by atoms with Gasteiger partial charge >= 0.3 is 0 Å². The van der Waals surface area contributed by atoms with E-state index in [0.717, 1.165) is 43.2 Å². The van der Waals surface area contributed by atoms with E-state index in [9.17, 15) is 14.4 Å². The lowest BCUT2D eigenvalue weighted by Gasteiger charge is -2.30. The van der Waals surface area contributed by atoms with Gasteiger partial charge in [-0.05, 0) is 70.0 Å². The average molecular weight is 482 g/mol. The Morgan fingerprint density at radius 3 is 2.71 bits per heavy atom. The minimum Gasteiger partial charge on any atom is -0.382 e. The molecule has 1 aliphatic rings. The minimum absolute atomic E-state index is 0.0245. The normalized spacial score (nSPS) is 14.7. The van der Waals surface area contributed by atoms with E-state index in [-0.39, 0.29) is 23.5 Å². The van der Waals surface area contributed by atoms with Crippen LogP contribution in [0, 0.1) is 30.0 Å². The van der Waals surface area contributed by atoms with E-state index in [0.29, 0.717) is 36.3 Å². The summed E-state index contributed by atoms with van der Waals surface area (Å²) in [6, 6.07) is 7.88. The summed E-state index contributed by atoms with van der Waals surface area (Å²) < 4.78 is 14.7. The lowest BCUT2D eigenvalue weighted by atomic mass is 9.96. The Kier molecular flexibility index (Phi) is 7.55. The van der Waals surface area contributed by atoms with E-state index in [1.54, 1.807) is 23.5 Å². The molecule has 0 aliphatic carbocycles. The molecule has 0 bridgehead atoms. The molecule has 8 nitrogen and oxygen atoms in total. The second-order valence-electron chi connectivity index (χ2n) is 8.51. The highest BCUT2D eigenvalue weighted by Crippen LogP contribution is 2.22. The van der Waals surface area contributed by atoms with Gasteiger partial charge in [0.05, 0.1) is 22.1 Å². The third kappa shape index (κ3) is 5.61. The molecule has 1 aliphatic heterocycles. The monoisotopic (exact) mass is 481 g/mol. The van der Waals surface area contributed by atoms with Crippen LogP contribution in [0.5, 0.6) is 0 Å². The molecular weight excluding hydrogens is 453 g/mol. The largest absolute Gasteiger partial charge is 0.382 e. The summed E-state index contributed by atoms with van der Waals surface area (Å²) in [5.41, 5.74) is 8.68. The Labute approximate surface area is 202 Å². The van der Waals surface area contributed by atoms with Crippen molar-refractivity contribution in [2.45, 2.75) is 39.2 Å². The quantitative estimate of drug-likeness (QED) is 0.478. The maximum absolute atomic E-state index is 13.2. The highest BCUT2D eigenvalue weighted by Gasteiger charge is 2.25. The predicted octanol–water partition coefficient (Wildman–Crippen LogP) is 3.19. The van der Waals surface area contributed by atoms with Gasteiger partial charge < -0.3 is 11.1 Å². The topological polar surface area (TPSA) is 113 Å². The number of amides is 1. The number of aryl methyl sites for hydroxylation is 2. The molecule has 0 atom stereocenters. The van der Waals surface area contributed by atoms with Crippen LogP contribution in [0.2, 0.25) is 0 Å². The third-order valence-corrected chi connectivity index (χ3v) is 6.90. The van der Waals surface area contributed by atoms with Crippen LogP contribution in [0.15, 0.2) is 29.6 Å². The van der Waals surface area contributed by atoms with Gasteiger partial charge in [0.25, 0.3) is 0 Å². The number of nitriles is 1. The molecule has 3 N–H and O–H groups in total. The van der Waals surface area contributed by atoms with Crippen molar-refractivity contribution in [1.29, 1.82) is 5.26 Å². The molecule has 1 amide bonds. The standard InChI is InChI=1S/C24H28FN7OS/c1-16-29-19(15-34-16)14-31-11-8-17(9-12-31)24(33)28-10-2-3-22-21(13-26)23(27)32(30-22)20-6-4-18(25)5-7-20/h4-7,15,17H,2-3,8-12,14,27H2,1H3,(H,28,33). The summed E-state index contributed by atoms with van der Waals surface area (Å²) in [5.74, 6) is -0.0173. The van der Waals surface area contributed by atoms with E-state index in [4.69, 9.17) is 5.73 Å². The zero-order valence-electron chi connectivity index (χ0n) is 19.1. The molecule has 0 radical (unpaired) electrons. The highest BCUT2D eigenvalue weighted by atomic mass is 32.1. The predicted molar refractivity (Wildman–Crippen MR) is 129 cm³/mol. The van der Waals surface area contributed by atoms with Crippen LogP contribution in [0.4, 0.5) is 10.2 Å². The van der Waals surface area contributed by atoms with Gasteiger partial charge in [0.15, 0.2) is 0 Å². The molecule has 1 aromatic carbocycles. The first kappa shape index (κ1) is 23.9. The average Bonchev–Trinajstić information content (AvgIpc) is 3.39. The van der Waals surface area contributed by atoms with Crippen molar-refractivity contribution in [3.63, 3.8) is 0 Å². The van der Waals surface area contributed by atoms with Crippen molar-refractivity contribution < 1.29 is 9.18 Å². The van der Waals surface area contributed by atoms with E-state index < -0.39 is 0 Å². The number of piperidine rings is 1. The number of nitrogens with two attached hydrogens (primary N) is 1. The summed E-state index contributed by atoms with van der Waals surface area (Å²) in [5, 5.41) is 20.2. The summed E-state index contributed by atoms with van der Waals surface area (Å²) in [6.07, 6.45) is 2.83. The number of carbonyl (C=O) groups excluding carboxylic acids is 1. The molecule has 3 heterocycles. The van der Waals surface area contributed by atoms with Crippen LogP contribution >= 0.6 is 11.3 Å². The van der Waals surface area contributed by atoms with Gasteiger partial charge in [0, 0.05) is 24.4 Å². The second-order valence-corrected chi connectivity index (χ2v) is 9.57. The molecule has 1 saturated heterocycles. The van der Waals surface area contributed by atoms with Crippen LogP contribution in [0.1, 0.15) is 41.2 Å². The van der Waals surface area contributed by atoms with Crippen molar-refractivity contribution in [2.24, 2.45) is 5.92 Å². The van der Waals surface area contributed by atoms with Gasteiger partial charge in [-0.15, -0.1) is 11.3 Å². The highest BCUT2D eigenvalue weighted by molar-refractivity contribution is 7.09. The third-order valence-electron chi connectivity index (χ3n) is 6.08. The lowest BCUT2D eigenvalue weighted by molar-refractivity contribution is -0.126. The first-order valence-electron chi connectivity index (χ1n) is 11.4. The molecule has 10 heteroatoms. The van der Waals surface area contributed by atoms with Gasteiger partial charge in [-0.1, -0.05) is 0 Å². The Morgan fingerprint density at radius 1 is 1.32 bits per heavy atom. The van der Waals surface area contributed by atoms with Crippen molar-refractivity contribution in [3.8, 4) is 11.8 Å². The zero-order valence-corrected chi connectivity index (χ0v) is 19.9. The number of hydrogen-bond acceptors (Lipinski definition) is 7. The zero-order chi connectivity index (χ0) is 24.1. The number of halogens is 1. The summed E-state index contributed by atoms with van der Waals surface area (Å²) in [4.78, 5) is 19.5. The van der Waals surface area contributed by atoms with Gasteiger partial charge in [-0.25, -0.2) is 14.1 Å². The Balaban J connectivity index is 1.24. The first-order valence-corrected chi connectivity index (χ1v) is 12.3. The molecule has 1 fully saturated rings. The Morgan fingerprint density at radius 2 is 2.06 bits per heavy atom. The molecule has 34 heavy (non-hydrogen) atoms. The SMILES string of the molecule is Cc1nc(CN2CCC(C(=O)NCCCc3nn(-c4ccc(F)cc4)c(N)c3C#N)CC2)cs1. The number of nitrogen functional groups attached to an aromatic ring is 1. The molecule has 4 rings (SSSR count). The molecular formula is C24H28FN7OS. The molecule has 0 saturated carbocycles. The van der Waals surface area contributed by atoms with Crippen LogP contribution in [-0.2, 0) is 17.8 Å². The van der Waals surface area contributed by atoms with Crippen molar-refractivity contribution in [1.82, 2.24) is 25.0 Å². The van der Waals surface area contributed by atoms with Crippen LogP contribution in [0.25, 0.3) is 5.69 Å². The maximum atomic E-state index is 13.2. The lowest BCUT2D eigenvalue weighted by Crippen LogP contribution is -2.40. The van der Waals surface area contributed by atoms with Crippen molar-refractivity contribution >= 4 is 23.1 Å². The summed E-state index contributed by atoms with van der Waals surface area (Å²) in [7, 11) is 0. The number of benzene rings is 1. The summed E-state index contributed by atoms with van der Waals surface area (Å²) >= 11 is 1.67. The smallest absolute Gasteiger partial charge is 0.223 e. The van der Waals surface area contributed by atoms with Crippen LogP contribution in [0.3, 0.4) is 0 Å². The van der Waals surface area contributed by atoms with E-state index >= 15 is 0 Å². The van der Waals surface area contributed by atoms with Gasteiger partial charge in [0.1, 0.15) is 23.3 Å². The van der Waals surface area contributed by atoms with Crippen LogP contribution < -0.4 is 11.1 Å². The van der Waals surface area contributed by atoms with Crippen molar-refractivity contribution in [2.75, 3.05) is 25.4 Å². The number of thiazole rings is 1. The Hall–Kier alpha value is -3.29. The number of nitrogens with one attached hydrogen (secondary N) is 1. The van der Waals surface area contributed by atoms with Gasteiger partial charge in [-0.2, -0.15) is 10.4 Å². The van der Waals surface area contributed by atoms with E-state index in [1.807, 2.05) is 6.92 Å². The molecule has 0 unspecified atom stereocenters. The minimum atomic E-state index is -0.355. The number of rotatable bonds is 8. The molecule has 0 spiro atoms. The number of likely N-dealkylation sites (tertiary alicyclic amines) is 1. The summed E-state index contributed by atoms with van der Waals surface area (Å²) in [6.45, 7) is 5.14. The fraction of sp³-hybridized carbons (Fsp3) is 0.417. The fourth-order valence-corrected chi connectivity index (χ4v) is 4.83. The number of carbonyl (C=O) groups is 1. The van der Waals surface area contributed by atoms with E-state index in [2.05, 4.69) is 31.7 Å². The number of nitrogens with zero attached hydrogens (tertiary/aromatic N) is 5. The second kappa shape index (κ2) is 10.8. The molecule has 3 aromatic rings. The van der Waals surface area contributed by atoms with Crippen molar-refractivity contribution in [3.05, 3.63) is 57.4 Å². The number of aromatic nitrogens is 3. The fourth-order valence-electron chi connectivity index (χ4n) is 4.23. The Bertz CT molecular complexity index is 1170.